The highest BCUT2D eigenvalue weighted by molar-refractivity contribution is 5.93. The van der Waals surface area contributed by atoms with Crippen LogP contribution in [0.1, 0.15) is 36.2 Å². The molecule has 3 aromatic rings. The van der Waals surface area contributed by atoms with Crippen molar-refractivity contribution in [2.75, 3.05) is 23.7 Å². The predicted molar refractivity (Wildman–Crippen MR) is 129 cm³/mol. The molecule has 0 spiro atoms. The topological polar surface area (TPSA) is 123 Å². The highest BCUT2D eigenvalue weighted by Crippen LogP contribution is 2.28. The summed E-state index contributed by atoms with van der Waals surface area (Å²) < 4.78 is 13.4. The number of benzene rings is 2. The first-order valence-electron chi connectivity index (χ1n) is 11.9. The number of hydrogen-bond donors (Lipinski definition) is 4. The van der Waals surface area contributed by atoms with Gasteiger partial charge in [-0.3, -0.25) is 4.79 Å². The lowest BCUT2D eigenvalue weighted by Gasteiger charge is -2.13. The maximum absolute atomic E-state index is 12.6. The highest BCUT2D eigenvalue weighted by Gasteiger charge is 2.25. The summed E-state index contributed by atoms with van der Waals surface area (Å²) in [6.07, 6.45) is 6.54. The molecule has 1 fully saturated rings. The van der Waals surface area contributed by atoms with Crippen molar-refractivity contribution in [3.8, 4) is 17.2 Å². The molecule has 5 rings (SSSR count). The fraction of sp³-hybridized carbons (Fsp3) is 0.320. The molecule has 2 amide bonds. The molecular weight excluding hydrogens is 448 g/mol. The van der Waals surface area contributed by atoms with E-state index in [1.807, 2.05) is 24.3 Å². The van der Waals surface area contributed by atoms with Gasteiger partial charge in [0.15, 0.2) is 11.5 Å². The minimum absolute atomic E-state index is 0.0306. The van der Waals surface area contributed by atoms with E-state index in [0.29, 0.717) is 47.9 Å². The van der Waals surface area contributed by atoms with Gasteiger partial charge in [0.1, 0.15) is 23.8 Å². The number of carbonyl (C=O) groups is 2. The van der Waals surface area contributed by atoms with E-state index in [9.17, 15) is 9.59 Å². The van der Waals surface area contributed by atoms with Crippen LogP contribution in [0.2, 0.25) is 0 Å². The number of fused-ring (bicyclic) bond motifs is 1. The molecule has 2 heterocycles. The summed E-state index contributed by atoms with van der Waals surface area (Å²) in [5, 5.41) is 5.94. The van der Waals surface area contributed by atoms with Crippen LogP contribution in [0.4, 0.5) is 11.5 Å². The molecule has 0 atom stereocenters. The van der Waals surface area contributed by atoms with Gasteiger partial charge >= 0.3 is 5.91 Å². The summed E-state index contributed by atoms with van der Waals surface area (Å²) in [4.78, 5) is 29.2. The number of anilines is 2. The molecule has 10 heteroatoms. The Bertz CT molecular complexity index is 1170. The van der Waals surface area contributed by atoms with E-state index in [1.165, 1.54) is 24.6 Å². The number of nitrogens with two attached hydrogens (primary N) is 1. The lowest BCUT2D eigenvalue weighted by molar-refractivity contribution is -0.616. The third kappa shape index (κ3) is 5.79. The summed E-state index contributed by atoms with van der Waals surface area (Å²) in [6.45, 7) is 1.22. The van der Waals surface area contributed by atoms with Gasteiger partial charge in [-0.15, -0.1) is 0 Å². The van der Waals surface area contributed by atoms with Crippen molar-refractivity contribution in [2.45, 2.75) is 38.3 Å². The van der Waals surface area contributed by atoms with Crippen molar-refractivity contribution in [3.05, 3.63) is 60.6 Å². The number of nitrogens with zero attached hydrogens (tertiary/aromatic N) is 2. The zero-order valence-electron chi connectivity index (χ0n) is 19.3. The first-order valence-corrected chi connectivity index (χ1v) is 11.9. The Morgan fingerprint density at radius 2 is 1.71 bits per heavy atom. The first-order chi connectivity index (χ1) is 17.1. The third-order valence-corrected chi connectivity index (χ3v) is 5.98. The Hall–Kier alpha value is -3.89. The van der Waals surface area contributed by atoms with Crippen molar-refractivity contribution >= 4 is 23.3 Å². The molecule has 182 valence electrons. The summed E-state index contributed by atoms with van der Waals surface area (Å²) >= 11 is 0. The van der Waals surface area contributed by atoms with E-state index in [2.05, 4.69) is 21.0 Å². The summed E-state index contributed by atoms with van der Waals surface area (Å²) in [5.74, 6) is 2.22. The monoisotopic (exact) mass is 477 g/mol. The van der Waals surface area contributed by atoms with E-state index >= 15 is 0 Å². The summed E-state index contributed by atoms with van der Waals surface area (Å²) in [5.41, 5.74) is 5.32. The Labute approximate surface area is 203 Å². The number of aromatic nitrogens is 2. The molecule has 1 aromatic heterocycles. The molecule has 2 aliphatic rings. The largest absolute Gasteiger partial charge is 0.490 e. The van der Waals surface area contributed by atoms with Crippen molar-refractivity contribution in [3.63, 3.8) is 0 Å². The number of carbonyl (C=O) groups excluding carboxylic acids is 2. The van der Waals surface area contributed by atoms with Gasteiger partial charge in [0.05, 0.1) is 19.0 Å². The van der Waals surface area contributed by atoms with E-state index in [1.54, 1.807) is 28.8 Å². The SMILES string of the molecule is O=C(Cn1cnc2c1C(=O)[NH2+]NCCN2)Nc1ccc(Oc2ccc(OC3CCCC3)cc2)cc1. The second-order valence-electron chi connectivity index (χ2n) is 8.63. The predicted octanol–water partition coefficient (Wildman–Crippen LogP) is 2.27. The number of hydrogen-bond acceptors (Lipinski definition) is 7. The van der Waals surface area contributed by atoms with Crippen LogP contribution in [0.5, 0.6) is 17.2 Å². The quantitative estimate of drug-likeness (QED) is 0.385. The number of amides is 2. The Kier molecular flexibility index (Phi) is 6.92. The maximum atomic E-state index is 12.6. The van der Waals surface area contributed by atoms with Crippen LogP contribution >= 0.6 is 0 Å². The van der Waals surface area contributed by atoms with Gasteiger partial charge in [-0.25, -0.2) is 15.2 Å². The van der Waals surface area contributed by atoms with Gasteiger partial charge in [0.25, 0.3) is 0 Å². The van der Waals surface area contributed by atoms with Crippen molar-refractivity contribution in [2.24, 2.45) is 0 Å². The average molecular weight is 478 g/mol. The molecular formula is C25H29N6O4+. The molecule has 1 aliphatic heterocycles. The van der Waals surface area contributed by atoms with E-state index in [0.717, 1.165) is 18.6 Å². The molecule has 0 unspecified atom stereocenters. The number of primary amides is 1. The Morgan fingerprint density at radius 1 is 1.03 bits per heavy atom. The van der Waals surface area contributed by atoms with E-state index in [4.69, 9.17) is 9.47 Å². The summed E-state index contributed by atoms with van der Waals surface area (Å²) in [6, 6.07) is 14.8. The number of quaternary nitrogens is 1. The van der Waals surface area contributed by atoms with Crippen LogP contribution in [-0.4, -0.2) is 40.6 Å². The number of imidazole rings is 1. The maximum Gasteiger partial charge on any atom is 0.382 e. The van der Waals surface area contributed by atoms with Crippen molar-refractivity contribution < 1.29 is 24.5 Å². The zero-order chi connectivity index (χ0) is 24.0. The zero-order valence-corrected chi connectivity index (χ0v) is 19.3. The Morgan fingerprint density at radius 3 is 2.46 bits per heavy atom. The van der Waals surface area contributed by atoms with Crippen molar-refractivity contribution in [1.82, 2.24) is 15.0 Å². The van der Waals surface area contributed by atoms with Gasteiger partial charge in [0, 0.05) is 12.2 Å². The van der Waals surface area contributed by atoms with Crippen LogP contribution in [0, 0.1) is 0 Å². The molecule has 0 bridgehead atoms. The second-order valence-corrected chi connectivity index (χ2v) is 8.63. The third-order valence-electron chi connectivity index (χ3n) is 5.98. The summed E-state index contributed by atoms with van der Waals surface area (Å²) in [7, 11) is 0. The fourth-order valence-corrected chi connectivity index (χ4v) is 4.26. The number of rotatable bonds is 7. The average Bonchev–Trinajstić information content (AvgIpc) is 3.49. The molecule has 0 saturated heterocycles. The van der Waals surface area contributed by atoms with Crippen LogP contribution < -0.4 is 31.0 Å². The minimum atomic E-state index is -0.264. The van der Waals surface area contributed by atoms with Crippen LogP contribution in [0.3, 0.4) is 0 Å². The van der Waals surface area contributed by atoms with Crippen LogP contribution in [0.25, 0.3) is 0 Å². The fourth-order valence-electron chi connectivity index (χ4n) is 4.26. The van der Waals surface area contributed by atoms with Gasteiger partial charge in [-0.2, -0.15) is 5.43 Å². The van der Waals surface area contributed by atoms with Gasteiger partial charge in [-0.05, 0) is 74.2 Å². The molecule has 1 aliphatic carbocycles. The van der Waals surface area contributed by atoms with Gasteiger partial charge < -0.3 is 24.7 Å². The van der Waals surface area contributed by atoms with Gasteiger partial charge in [-0.1, -0.05) is 0 Å². The van der Waals surface area contributed by atoms with E-state index in [-0.39, 0.29) is 18.4 Å². The normalized spacial score (nSPS) is 16.1. The number of ether oxygens (including phenoxy) is 2. The van der Waals surface area contributed by atoms with Crippen LogP contribution in [-0.2, 0) is 11.3 Å². The smallest absolute Gasteiger partial charge is 0.382 e. The lowest BCUT2D eigenvalue weighted by Crippen LogP contribution is -2.97. The lowest BCUT2D eigenvalue weighted by atomic mass is 10.2. The molecule has 5 N–H and O–H groups in total. The standard InChI is InChI=1S/C25H28N6O4/c32-22(15-31-16-27-24-23(31)25(33)30-28-14-13-26-24)29-17-5-7-19(8-6-17)35-21-11-9-20(10-12-21)34-18-3-1-2-4-18/h5-12,16,18,26,28H,1-4,13-15H2,(H,29,32)(H,30,33)/p+1. The minimum Gasteiger partial charge on any atom is -0.490 e. The number of nitrogens with one attached hydrogen (secondary N) is 3. The molecule has 35 heavy (non-hydrogen) atoms. The molecule has 2 aromatic carbocycles. The Balaban J connectivity index is 1.15. The second kappa shape index (κ2) is 10.6. The highest BCUT2D eigenvalue weighted by atomic mass is 16.5. The van der Waals surface area contributed by atoms with Crippen LogP contribution in [0.15, 0.2) is 54.9 Å². The first kappa shape index (κ1) is 22.9. The van der Waals surface area contributed by atoms with Crippen molar-refractivity contribution in [1.29, 1.82) is 0 Å². The molecule has 0 radical (unpaired) electrons. The van der Waals surface area contributed by atoms with Gasteiger partial charge in [0.2, 0.25) is 5.91 Å². The van der Waals surface area contributed by atoms with E-state index < -0.39 is 0 Å². The molecule has 1 saturated carbocycles. The molecule has 10 nitrogen and oxygen atoms in total.